The SMILES string of the molecule is CCCCCCCCCCCCCOP(=O)(CCCl)Oc1ccccc1O. The lowest BCUT2D eigenvalue weighted by Gasteiger charge is -2.19. The summed E-state index contributed by atoms with van der Waals surface area (Å²) in [6, 6.07) is 6.46. The lowest BCUT2D eigenvalue weighted by atomic mass is 10.1. The van der Waals surface area contributed by atoms with Crippen molar-refractivity contribution in [2.24, 2.45) is 0 Å². The number of alkyl halides is 1. The first-order chi connectivity index (χ1) is 13.1. The molecule has 0 aliphatic carbocycles. The van der Waals surface area contributed by atoms with E-state index in [4.69, 9.17) is 20.6 Å². The van der Waals surface area contributed by atoms with Crippen LogP contribution in [-0.2, 0) is 9.09 Å². The van der Waals surface area contributed by atoms with Crippen molar-refractivity contribution < 1.29 is 18.7 Å². The van der Waals surface area contributed by atoms with Gasteiger partial charge in [0.05, 0.1) is 12.8 Å². The van der Waals surface area contributed by atoms with Crippen LogP contribution < -0.4 is 4.52 Å². The van der Waals surface area contributed by atoms with Crippen LogP contribution in [0.2, 0.25) is 0 Å². The Kier molecular flexibility index (Phi) is 13.7. The number of phenolic OH excluding ortho intramolecular Hbond substituents is 1. The summed E-state index contributed by atoms with van der Waals surface area (Å²) in [4.78, 5) is 0. The Morgan fingerprint density at radius 3 is 2.04 bits per heavy atom. The third-order valence-corrected chi connectivity index (χ3v) is 6.77. The van der Waals surface area contributed by atoms with Crippen molar-refractivity contribution in [3.63, 3.8) is 0 Å². The van der Waals surface area contributed by atoms with Crippen LogP contribution in [-0.4, -0.2) is 23.8 Å². The molecule has 0 heterocycles. The summed E-state index contributed by atoms with van der Waals surface area (Å²) in [6.45, 7) is 2.63. The molecule has 1 aromatic carbocycles. The predicted molar refractivity (Wildman–Crippen MR) is 114 cm³/mol. The molecular weight excluding hydrogens is 383 g/mol. The van der Waals surface area contributed by atoms with E-state index in [-0.39, 0.29) is 23.5 Å². The molecule has 6 heteroatoms. The summed E-state index contributed by atoms with van der Waals surface area (Å²) in [5, 5.41) is 9.78. The van der Waals surface area contributed by atoms with Gasteiger partial charge in [-0.3, -0.25) is 4.52 Å². The Morgan fingerprint density at radius 1 is 0.926 bits per heavy atom. The molecule has 4 nitrogen and oxygen atoms in total. The molecule has 0 saturated carbocycles. The van der Waals surface area contributed by atoms with Crippen molar-refractivity contribution in [2.75, 3.05) is 18.6 Å². The van der Waals surface area contributed by atoms with Crippen molar-refractivity contribution in [2.45, 2.75) is 77.6 Å². The fourth-order valence-corrected chi connectivity index (χ4v) is 4.86. The molecule has 1 rings (SSSR count). The lowest BCUT2D eigenvalue weighted by molar-refractivity contribution is 0.256. The smallest absolute Gasteiger partial charge is 0.380 e. The van der Waals surface area contributed by atoms with Gasteiger partial charge in [-0.25, -0.2) is 4.57 Å². The first-order valence-corrected chi connectivity index (χ1v) is 12.6. The Morgan fingerprint density at radius 2 is 1.48 bits per heavy atom. The molecule has 0 saturated heterocycles. The maximum atomic E-state index is 12.8. The molecule has 0 aromatic heterocycles. The van der Waals surface area contributed by atoms with E-state index in [2.05, 4.69) is 6.92 Å². The number of aromatic hydroxyl groups is 1. The van der Waals surface area contributed by atoms with Gasteiger partial charge in [0.25, 0.3) is 0 Å². The van der Waals surface area contributed by atoms with Crippen molar-refractivity contribution in [3.05, 3.63) is 24.3 Å². The minimum absolute atomic E-state index is 0.0504. The molecule has 0 radical (unpaired) electrons. The van der Waals surface area contributed by atoms with Gasteiger partial charge in [0, 0.05) is 5.88 Å². The van der Waals surface area contributed by atoms with Crippen LogP contribution in [0.1, 0.15) is 77.6 Å². The second-order valence-electron chi connectivity index (χ2n) is 6.95. The van der Waals surface area contributed by atoms with Gasteiger partial charge in [-0.15, -0.1) is 11.6 Å². The number of phenols is 1. The minimum atomic E-state index is -3.34. The maximum Gasteiger partial charge on any atom is 0.380 e. The van der Waals surface area contributed by atoms with Crippen molar-refractivity contribution in [3.8, 4) is 11.5 Å². The molecule has 27 heavy (non-hydrogen) atoms. The van der Waals surface area contributed by atoms with E-state index in [0.717, 1.165) is 12.8 Å². The molecule has 1 N–H and O–H groups in total. The molecule has 1 atom stereocenters. The highest BCUT2D eigenvalue weighted by Gasteiger charge is 2.26. The van der Waals surface area contributed by atoms with E-state index in [9.17, 15) is 9.67 Å². The van der Waals surface area contributed by atoms with E-state index in [0.29, 0.717) is 6.61 Å². The molecule has 0 bridgehead atoms. The third kappa shape index (κ3) is 11.7. The monoisotopic (exact) mass is 418 g/mol. The molecule has 0 fully saturated rings. The highest BCUT2D eigenvalue weighted by molar-refractivity contribution is 7.54. The maximum absolute atomic E-state index is 12.8. The average Bonchev–Trinajstić information content (AvgIpc) is 2.65. The van der Waals surface area contributed by atoms with Gasteiger partial charge in [0.2, 0.25) is 0 Å². The molecule has 0 aliphatic heterocycles. The minimum Gasteiger partial charge on any atom is -0.504 e. The van der Waals surface area contributed by atoms with E-state index >= 15 is 0 Å². The molecule has 0 aliphatic rings. The van der Waals surface area contributed by atoms with Gasteiger partial charge >= 0.3 is 7.60 Å². The summed E-state index contributed by atoms with van der Waals surface area (Å²) in [7, 11) is -3.34. The van der Waals surface area contributed by atoms with Crippen LogP contribution in [0.5, 0.6) is 11.5 Å². The Hall–Kier alpha value is -0.700. The molecule has 1 aromatic rings. The first-order valence-electron chi connectivity index (χ1n) is 10.4. The summed E-state index contributed by atoms with van der Waals surface area (Å²) in [5.74, 6) is 0.304. The number of hydrogen-bond donors (Lipinski definition) is 1. The summed E-state index contributed by atoms with van der Waals surface area (Å²) in [6.07, 6.45) is 13.9. The summed E-state index contributed by atoms with van der Waals surface area (Å²) < 4.78 is 23.8. The summed E-state index contributed by atoms with van der Waals surface area (Å²) in [5.41, 5.74) is 0. The van der Waals surface area contributed by atoms with Crippen LogP contribution in [0, 0.1) is 0 Å². The van der Waals surface area contributed by atoms with Gasteiger partial charge in [0.15, 0.2) is 11.5 Å². The second kappa shape index (κ2) is 15.2. The van der Waals surface area contributed by atoms with E-state index in [1.54, 1.807) is 18.2 Å². The molecule has 1 unspecified atom stereocenters. The number of para-hydroxylation sites is 2. The zero-order valence-corrected chi connectivity index (χ0v) is 18.4. The lowest BCUT2D eigenvalue weighted by Crippen LogP contribution is -2.05. The van der Waals surface area contributed by atoms with Crippen molar-refractivity contribution >= 4 is 19.2 Å². The number of unbranched alkanes of at least 4 members (excludes halogenated alkanes) is 10. The standard InChI is InChI=1S/C21H36ClO4P/c1-2-3-4-5-6-7-8-9-10-11-14-18-25-27(24,19-17-22)26-21-16-13-12-15-20(21)23/h12-13,15-16,23H,2-11,14,17-19H2,1H3. The molecule has 0 spiro atoms. The molecular formula is C21H36ClO4P. The Labute approximate surface area is 170 Å². The van der Waals surface area contributed by atoms with Gasteiger partial charge in [-0.2, -0.15) is 0 Å². The van der Waals surface area contributed by atoms with Gasteiger partial charge < -0.3 is 9.63 Å². The Bertz CT molecular complexity index is 539. The fraction of sp³-hybridized carbons (Fsp3) is 0.714. The van der Waals surface area contributed by atoms with Gasteiger partial charge in [-0.05, 0) is 18.6 Å². The van der Waals surface area contributed by atoms with Crippen LogP contribution in [0.25, 0.3) is 0 Å². The number of rotatable bonds is 17. The quantitative estimate of drug-likeness (QED) is 0.161. The second-order valence-corrected chi connectivity index (χ2v) is 9.44. The van der Waals surface area contributed by atoms with E-state index in [1.807, 2.05) is 0 Å². The molecule has 156 valence electrons. The Balaban J connectivity index is 2.15. The van der Waals surface area contributed by atoms with E-state index in [1.165, 1.54) is 63.9 Å². The topological polar surface area (TPSA) is 55.8 Å². The number of benzene rings is 1. The van der Waals surface area contributed by atoms with Crippen molar-refractivity contribution in [1.82, 2.24) is 0 Å². The fourth-order valence-electron chi connectivity index (χ4n) is 2.89. The zero-order valence-electron chi connectivity index (χ0n) is 16.7. The van der Waals surface area contributed by atoms with Gasteiger partial charge in [-0.1, -0.05) is 83.3 Å². The molecule has 0 amide bonds. The van der Waals surface area contributed by atoms with Crippen LogP contribution >= 0.6 is 19.2 Å². The highest BCUT2D eigenvalue weighted by Crippen LogP contribution is 2.50. The third-order valence-electron chi connectivity index (χ3n) is 4.50. The number of halogens is 1. The van der Waals surface area contributed by atoms with Crippen LogP contribution in [0.4, 0.5) is 0 Å². The van der Waals surface area contributed by atoms with Crippen LogP contribution in [0.15, 0.2) is 24.3 Å². The summed E-state index contributed by atoms with van der Waals surface area (Å²) >= 11 is 5.75. The number of hydrogen-bond acceptors (Lipinski definition) is 4. The van der Waals surface area contributed by atoms with E-state index < -0.39 is 7.60 Å². The normalized spacial score (nSPS) is 13.4. The van der Waals surface area contributed by atoms with Gasteiger partial charge in [0.1, 0.15) is 0 Å². The highest BCUT2D eigenvalue weighted by atomic mass is 35.5. The van der Waals surface area contributed by atoms with Crippen LogP contribution in [0.3, 0.4) is 0 Å². The zero-order chi connectivity index (χ0) is 19.8. The first kappa shape index (κ1) is 24.3. The predicted octanol–water partition coefficient (Wildman–Crippen LogP) is 7.53. The average molecular weight is 419 g/mol. The van der Waals surface area contributed by atoms with Crippen molar-refractivity contribution in [1.29, 1.82) is 0 Å². The largest absolute Gasteiger partial charge is 0.504 e.